The maximum atomic E-state index is 6.44. The highest BCUT2D eigenvalue weighted by molar-refractivity contribution is 7.94. The van der Waals surface area contributed by atoms with E-state index >= 15 is 0 Å². The van der Waals surface area contributed by atoms with Crippen molar-refractivity contribution in [2.75, 3.05) is 13.7 Å². The van der Waals surface area contributed by atoms with Gasteiger partial charge in [-0.3, -0.25) is 4.99 Å². The summed E-state index contributed by atoms with van der Waals surface area (Å²) in [4.78, 5) is 5.35. The maximum Gasteiger partial charge on any atom is 0.204 e. The molecule has 1 aromatic rings. The molecule has 1 aliphatic carbocycles. The molecule has 2 aliphatic rings. The zero-order chi connectivity index (χ0) is 29.1. The third-order valence-corrected chi connectivity index (χ3v) is 7.79. The van der Waals surface area contributed by atoms with Crippen molar-refractivity contribution in [2.45, 2.75) is 128 Å². The average molecular weight is 559 g/mol. The smallest absolute Gasteiger partial charge is 0.204 e. The van der Waals surface area contributed by atoms with Gasteiger partial charge in [0.2, 0.25) is 5.88 Å². The lowest BCUT2D eigenvalue weighted by Crippen LogP contribution is -2.40. The molecule has 7 heteroatoms. The van der Waals surface area contributed by atoms with Crippen LogP contribution in [0, 0.1) is 0 Å². The van der Waals surface area contributed by atoms with Crippen LogP contribution in [0.1, 0.15) is 111 Å². The van der Waals surface area contributed by atoms with Gasteiger partial charge in [-0.25, -0.2) is 0 Å². The number of aliphatic imine (C=N–C) groups is 1. The Balaban J connectivity index is 1.88. The van der Waals surface area contributed by atoms with Gasteiger partial charge in [-0.05, 0) is 74.6 Å². The highest BCUT2D eigenvalue weighted by Crippen LogP contribution is 2.41. The van der Waals surface area contributed by atoms with Crippen molar-refractivity contribution in [3.63, 3.8) is 0 Å². The van der Waals surface area contributed by atoms with Crippen molar-refractivity contribution in [3.8, 4) is 0 Å². The molecule has 3 rings (SSSR count). The lowest BCUT2D eigenvalue weighted by Gasteiger charge is -2.24. The molecular formula is C32H50N2O4S. The van der Waals surface area contributed by atoms with Gasteiger partial charge in [0.15, 0.2) is 5.79 Å². The molecule has 1 N–H and O–H groups in total. The standard InChI is InChI=1S/C32H50N2O4S/c1-19(2)22-15-24(20(3)4)30(25(16-22)21(5)6)39-38-27(13-14-33-12)34-26-17-23(18-35-31(7,8)9)28-29(26)37-32(10,11)36-28/h13-17,19-21,26,28-29,34H,18H2,1-12H3/b27-13+,33-14?. The molecule has 0 bridgehead atoms. The topological polar surface area (TPSA) is 61.3 Å². The van der Waals surface area contributed by atoms with Crippen molar-refractivity contribution in [1.82, 2.24) is 5.32 Å². The van der Waals surface area contributed by atoms with Crippen LogP contribution < -0.4 is 5.32 Å². The normalized spacial score (nSPS) is 23.3. The Morgan fingerprint density at radius 1 is 1.05 bits per heavy atom. The SMILES string of the molecule is CN=C/C=C(\NC1C=C(COC(C)(C)C)C2OC(C)(C)OC12)OSc1c(C(C)C)cc(C(C)C)cc1C(C)C. The average Bonchev–Trinajstić information content (AvgIpc) is 3.31. The van der Waals surface area contributed by atoms with Crippen LogP contribution in [0.3, 0.4) is 0 Å². The van der Waals surface area contributed by atoms with E-state index in [1.54, 1.807) is 13.3 Å². The van der Waals surface area contributed by atoms with Crippen molar-refractivity contribution >= 4 is 18.3 Å². The predicted molar refractivity (Wildman–Crippen MR) is 163 cm³/mol. The first-order valence-electron chi connectivity index (χ1n) is 14.2. The summed E-state index contributed by atoms with van der Waals surface area (Å²) in [5.74, 6) is 1.17. The Hall–Kier alpha value is -1.80. The number of allylic oxidation sites excluding steroid dienone is 1. The van der Waals surface area contributed by atoms with Gasteiger partial charge in [-0.15, -0.1) is 0 Å². The van der Waals surface area contributed by atoms with Gasteiger partial charge in [0.25, 0.3) is 0 Å². The second kappa shape index (κ2) is 12.8. The molecule has 1 saturated heterocycles. The van der Waals surface area contributed by atoms with Crippen LogP contribution >= 0.6 is 12.0 Å². The Bertz CT molecular complexity index is 1050. The molecule has 0 radical (unpaired) electrons. The van der Waals surface area contributed by atoms with Gasteiger partial charge in [-0.2, -0.15) is 0 Å². The van der Waals surface area contributed by atoms with Gasteiger partial charge in [0.1, 0.15) is 12.2 Å². The summed E-state index contributed by atoms with van der Waals surface area (Å²) in [6.45, 7) is 24.1. The minimum Gasteiger partial charge on any atom is -0.403 e. The lowest BCUT2D eigenvalue weighted by atomic mass is 9.89. The Morgan fingerprint density at radius 2 is 1.67 bits per heavy atom. The second-order valence-corrected chi connectivity index (χ2v) is 13.7. The molecule has 3 atom stereocenters. The fraction of sp³-hybridized carbons (Fsp3) is 0.656. The molecule has 1 aromatic carbocycles. The van der Waals surface area contributed by atoms with Crippen LogP contribution in [0.15, 0.2) is 45.6 Å². The summed E-state index contributed by atoms with van der Waals surface area (Å²) in [7, 11) is 1.75. The van der Waals surface area contributed by atoms with Crippen LogP contribution in [0.25, 0.3) is 0 Å². The zero-order valence-corrected chi connectivity index (χ0v) is 26.9. The van der Waals surface area contributed by atoms with Gasteiger partial charge in [-0.1, -0.05) is 59.8 Å². The first-order chi connectivity index (χ1) is 18.1. The number of rotatable bonds is 11. The van der Waals surface area contributed by atoms with E-state index in [4.69, 9.17) is 18.4 Å². The lowest BCUT2D eigenvalue weighted by molar-refractivity contribution is -0.147. The Labute approximate surface area is 241 Å². The van der Waals surface area contributed by atoms with E-state index < -0.39 is 5.79 Å². The van der Waals surface area contributed by atoms with Crippen molar-refractivity contribution in [3.05, 3.63) is 52.4 Å². The molecule has 0 aromatic heterocycles. The fourth-order valence-electron chi connectivity index (χ4n) is 4.79. The molecular weight excluding hydrogens is 508 g/mol. The van der Waals surface area contributed by atoms with Crippen molar-refractivity contribution in [1.29, 1.82) is 0 Å². The Kier molecular flexibility index (Phi) is 10.4. The summed E-state index contributed by atoms with van der Waals surface area (Å²) in [6.07, 6.45) is 5.42. The van der Waals surface area contributed by atoms with E-state index in [9.17, 15) is 0 Å². The number of hydrogen-bond donors (Lipinski definition) is 1. The summed E-state index contributed by atoms with van der Waals surface area (Å²) in [5.41, 5.74) is 4.84. The molecule has 39 heavy (non-hydrogen) atoms. The largest absolute Gasteiger partial charge is 0.403 e. The number of benzene rings is 1. The van der Waals surface area contributed by atoms with Crippen molar-refractivity contribution < 1.29 is 18.4 Å². The van der Waals surface area contributed by atoms with E-state index in [0.29, 0.717) is 30.2 Å². The van der Waals surface area contributed by atoms with Crippen LogP contribution in [-0.4, -0.2) is 49.5 Å². The fourth-order valence-corrected chi connectivity index (χ4v) is 5.85. The van der Waals surface area contributed by atoms with Crippen LogP contribution in [-0.2, 0) is 18.4 Å². The minimum absolute atomic E-state index is 0.134. The number of ether oxygens (including phenoxy) is 3. The van der Waals surface area contributed by atoms with Crippen molar-refractivity contribution in [2.24, 2.45) is 4.99 Å². The predicted octanol–water partition coefficient (Wildman–Crippen LogP) is 7.86. The molecule has 1 aliphatic heterocycles. The van der Waals surface area contributed by atoms with Gasteiger partial charge < -0.3 is 23.7 Å². The third-order valence-electron chi connectivity index (χ3n) is 6.89. The number of hydrogen-bond acceptors (Lipinski definition) is 7. The molecule has 1 fully saturated rings. The van der Waals surface area contributed by atoms with E-state index in [0.717, 1.165) is 5.57 Å². The monoisotopic (exact) mass is 558 g/mol. The van der Waals surface area contributed by atoms with Crippen LogP contribution in [0.5, 0.6) is 0 Å². The molecule has 0 amide bonds. The van der Waals surface area contributed by atoms with Gasteiger partial charge in [0.05, 0.1) is 35.2 Å². The molecule has 6 nitrogen and oxygen atoms in total. The molecule has 1 heterocycles. The Morgan fingerprint density at radius 3 is 2.18 bits per heavy atom. The van der Waals surface area contributed by atoms with Crippen LogP contribution in [0.2, 0.25) is 0 Å². The van der Waals surface area contributed by atoms with Gasteiger partial charge in [0, 0.05) is 19.3 Å². The maximum absolute atomic E-state index is 6.44. The molecule has 0 spiro atoms. The molecule has 218 valence electrons. The van der Waals surface area contributed by atoms with E-state index in [1.807, 2.05) is 19.9 Å². The summed E-state index contributed by atoms with van der Waals surface area (Å²) < 4.78 is 25.2. The first-order valence-corrected chi connectivity index (χ1v) is 15.0. The van der Waals surface area contributed by atoms with Gasteiger partial charge >= 0.3 is 0 Å². The minimum atomic E-state index is -0.669. The zero-order valence-electron chi connectivity index (χ0n) is 26.0. The molecule has 0 saturated carbocycles. The first kappa shape index (κ1) is 31.7. The van der Waals surface area contributed by atoms with E-state index in [-0.39, 0.29) is 23.9 Å². The highest BCUT2D eigenvalue weighted by atomic mass is 32.2. The summed E-state index contributed by atoms with van der Waals surface area (Å²) in [5, 5.41) is 3.57. The summed E-state index contributed by atoms with van der Waals surface area (Å²) in [6, 6.07) is 4.55. The molecule has 3 unspecified atom stereocenters. The number of nitrogens with zero attached hydrogens (tertiary/aromatic N) is 1. The quantitative estimate of drug-likeness (QED) is 0.129. The number of nitrogens with one attached hydrogen (secondary N) is 1. The summed E-state index contributed by atoms with van der Waals surface area (Å²) >= 11 is 1.42. The van der Waals surface area contributed by atoms with E-state index in [2.05, 4.69) is 90.8 Å². The second-order valence-electron chi connectivity index (χ2n) is 12.9. The third kappa shape index (κ3) is 8.35. The van der Waals surface area contributed by atoms with Crippen LogP contribution in [0.4, 0.5) is 0 Å². The van der Waals surface area contributed by atoms with E-state index in [1.165, 1.54) is 33.6 Å². The highest BCUT2D eigenvalue weighted by Gasteiger charge is 2.50. The number of fused-ring (bicyclic) bond motifs is 1.